The summed E-state index contributed by atoms with van der Waals surface area (Å²) in [7, 11) is 0. The van der Waals surface area contributed by atoms with E-state index >= 15 is 0 Å². The van der Waals surface area contributed by atoms with E-state index in [1.807, 2.05) is 0 Å². The van der Waals surface area contributed by atoms with Crippen LogP contribution < -0.4 is 0 Å². The van der Waals surface area contributed by atoms with E-state index in [9.17, 15) is 90.7 Å². The summed E-state index contributed by atoms with van der Waals surface area (Å²) in [5.74, 6) is -23.8. The first-order chi connectivity index (χ1) is 26.3. The molecular weight excluding hydrogens is 756 g/mol. The van der Waals surface area contributed by atoms with E-state index in [4.69, 9.17) is 14.2 Å². The van der Waals surface area contributed by atoms with Crippen LogP contribution in [0.1, 0.15) is 59.5 Å². The summed E-state index contributed by atoms with van der Waals surface area (Å²) in [6.45, 7) is -1.23. The lowest BCUT2D eigenvalue weighted by Crippen LogP contribution is -2.50. The van der Waals surface area contributed by atoms with Crippen LogP contribution in [0.2, 0.25) is 0 Å². The molecule has 292 valence electrons. The van der Waals surface area contributed by atoms with Crippen LogP contribution in [0.4, 0.5) is 0 Å². The largest absolute Gasteiger partial charge is 0.504 e. The van der Waals surface area contributed by atoms with E-state index in [1.54, 1.807) is 0 Å². The van der Waals surface area contributed by atoms with Gasteiger partial charge in [0.2, 0.25) is 23.0 Å². The van der Waals surface area contributed by atoms with E-state index in [0.29, 0.717) is 18.2 Å². The van der Waals surface area contributed by atoms with Crippen molar-refractivity contribution in [3.63, 3.8) is 0 Å². The zero-order valence-electron chi connectivity index (χ0n) is 27.7. The molecule has 0 amide bonds. The Balaban J connectivity index is 1.48. The Labute approximate surface area is 309 Å². The van der Waals surface area contributed by atoms with Crippen molar-refractivity contribution < 1.29 is 105 Å². The number of phenols is 12. The second-order valence-corrected chi connectivity index (χ2v) is 12.9. The van der Waals surface area contributed by atoms with Crippen molar-refractivity contribution in [3.8, 4) is 91.2 Å². The van der Waals surface area contributed by atoms with Crippen LogP contribution in [-0.4, -0.2) is 120 Å². The highest BCUT2D eigenvalue weighted by molar-refractivity contribution is 6.12. The Hall–Kier alpha value is -7.52. The number of hydrogen-bond donors (Lipinski definition) is 14. The Morgan fingerprint density at radius 1 is 0.464 bits per heavy atom. The van der Waals surface area contributed by atoms with E-state index < -0.39 is 186 Å². The number of rotatable bonds is 1. The minimum absolute atomic E-state index is 0.444. The predicted octanol–water partition coefficient (Wildman–Crippen LogP) is 1.02. The highest BCUT2D eigenvalue weighted by Gasteiger charge is 2.52. The summed E-state index contributed by atoms with van der Waals surface area (Å²) in [5.41, 5.74) is -8.51. The molecule has 5 atom stereocenters. The molecule has 0 spiro atoms. The van der Waals surface area contributed by atoms with Crippen molar-refractivity contribution in [1.29, 1.82) is 0 Å². The van der Waals surface area contributed by atoms with Gasteiger partial charge in [-0.25, -0.2) is 14.4 Å². The van der Waals surface area contributed by atoms with Gasteiger partial charge in [0.15, 0.2) is 51.8 Å². The van der Waals surface area contributed by atoms with Gasteiger partial charge in [0.25, 0.3) is 0 Å². The van der Waals surface area contributed by atoms with Crippen LogP contribution >= 0.6 is 0 Å². The van der Waals surface area contributed by atoms with Gasteiger partial charge in [0, 0.05) is 45.7 Å². The number of Topliss-reactive ketones (excluding diaryl/α,β-unsaturated/α-hetero) is 1. The first-order valence-corrected chi connectivity index (χ1v) is 15.9. The number of ether oxygens (including phenoxy) is 3. The number of aliphatic hydroxyl groups is 2. The number of hydrogen-bond acceptors (Lipinski definition) is 21. The van der Waals surface area contributed by atoms with Crippen molar-refractivity contribution in [2.45, 2.75) is 30.8 Å². The zero-order valence-corrected chi connectivity index (χ0v) is 27.7. The quantitative estimate of drug-likeness (QED) is 0.0728. The molecular formula is C35H26O21. The van der Waals surface area contributed by atoms with Crippen molar-refractivity contribution in [3.05, 3.63) is 46.0 Å². The fourth-order valence-corrected chi connectivity index (χ4v) is 7.16. The monoisotopic (exact) mass is 782 g/mol. The minimum Gasteiger partial charge on any atom is -0.504 e. The maximum atomic E-state index is 14.2. The lowest BCUT2D eigenvalue weighted by molar-refractivity contribution is -0.118. The molecule has 8 rings (SSSR count). The number of benzene rings is 4. The van der Waals surface area contributed by atoms with E-state index in [0.717, 1.165) is 0 Å². The average molecular weight is 783 g/mol. The van der Waals surface area contributed by atoms with Gasteiger partial charge in [-0.2, -0.15) is 0 Å². The first kappa shape index (κ1) is 36.8. The first-order valence-electron chi connectivity index (χ1n) is 15.9. The lowest BCUT2D eigenvalue weighted by atomic mass is 9.75. The number of cyclic esters (lactones) is 2. The molecule has 0 radical (unpaired) electrons. The van der Waals surface area contributed by atoms with Crippen molar-refractivity contribution in [1.82, 2.24) is 0 Å². The standard InChI is InChI=1S/C35H26O21/c36-10-4-9(32-29(49)20-19(35(53)56-32)18(27(47)30(50)28(20)48)15-6(10)1-11(37)21(41)24(15)44)31-14(40)5-54-33(51)7-2-12(38)22(42)25(45)16(7)17-8(34(52)55-31)3-13(39)23(43)26(17)46/h1-3,9,14,29,31-32,37-50H,4-5H2. The van der Waals surface area contributed by atoms with E-state index in [1.165, 1.54) is 0 Å². The maximum Gasteiger partial charge on any atom is 0.339 e. The Bertz CT molecular complexity index is 2470. The summed E-state index contributed by atoms with van der Waals surface area (Å²) in [4.78, 5) is 55.5. The number of ketones is 1. The fourth-order valence-electron chi connectivity index (χ4n) is 7.16. The van der Waals surface area contributed by atoms with Crippen LogP contribution in [0.25, 0.3) is 22.3 Å². The van der Waals surface area contributed by atoms with Crippen LogP contribution in [0.15, 0.2) is 18.2 Å². The Kier molecular flexibility index (Phi) is 8.24. The van der Waals surface area contributed by atoms with Crippen molar-refractivity contribution in [2.24, 2.45) is 5.92 Å². The lowest BCUT2D eigenvalue weighted by Gasteiger charge is -2.40. The average Bonchev–Trinajstić information content (AvgIpc) is 3.16. The molecule has 4 bridgehead atoms. The van der Waals surface area contributed by atoms with Crippen molar-refractivity contribution >= 4 is 23.7 Å². The van der Waals surface area contributed by atoms with Crippen LogP contribution in [0.3, 0.4) is 0 Å². The summed E-state index contributed by atoms with van der Waals surface area (Å²) >= 11 is 0. The minimum atomic E-state index is -2.36. The topological polar surface area (TPSA) is 379 Å². The summed E-state index contributed by atoms with van der Waals surface area (Å²) < 4.78 is 16.1. The summed E-state index contributed by atoms with van der Waals surface area (Å²) in [6.07, 6.45) is -10.4. The van der Waals surface area contributed by atoms with E-state index in [-0.39, 0.29) is 0 Å². The molecule has 21 nitrogen and oxygen atoms in total. The van der Waals surface area contributed by atoms with Crippen LogP contribution in [0.5, 0.6) is 69.0 Å². The number of phenolic OH excluding ortho intramolecular Hbond substituents is 12. The smallest absolute Gasteiger partial charge is 0.339 e. The number of esters is 3. The molecule has 5 unspecified atom stereocenters. The van der Waals surface area contributed by atoms with Gasteiger partial charge >= 0.3 is 17.9 Å². The molecule has 3 heterocycles. The van der Waals surface area contributed by atoms with Gasteiger partial charge in [-0.1, -0.05) is 0 Å². The number of carbonyl (C=O) groups excluding carboxylic acids is 4. The molecule has 0 fully saturated rings. The maximum absolute atomic E-state index is 14.2. The predicted molar refractivity (Wildman–Crippen MR) is 176 cm³/mol. The molecule has 3 aliphatic heterocycles. The molecule has 4 aliphatic rings. The fraction of sp³-hybridized carbons (Fsp3) is 0.200. The molecule has 21 heteroatoms. The highest BCUT2D eigenvalue weighted by Crippen LogP contribution is 2.58. The third kappa shape index (κ3) is 5.09. The molecule has 0 saturated carbocycles. The number of fused-ring (bicyclic) bond motifs is 6. The third-order valence-electron chi connectivity index (χ3n) is 9.79. The molecule has 0 saturated heterocycles. The molecule has 56 heavy (non-hydrogen) atoms. The van der Waals surface area contributed by atoms with Crippen LogP contribution in [0, 0.1) is 5.92 Å². The Morgan fingerprint density at radius 3 is 1.45 bits per heavy atom. The normalized spacial score (nSPS) is 21.8. The molecule has 0 aromatic heterocycles. The Morgan fingerprint density at radius 2 is 0.911 bits per heavy atom. The number of carbonyl (C=O) groups is 4. The van der Waals surface area contributed by atoms with Gasteiger partial charge in [-0.3, -0.25) is 4.79 Å². The van der Waals surface area contributed by atoms with Gasteiger partial charge in [0.1, 0.15) is 31.0 Å². The van der Waals surface area contributed by atoms with Gasteiger partial charge in [-0.15, -0.1) is 0 Å². The highest BCUT2D eigenvalue weighted by atomic mass is 16.6. The van der Waals surface area contributed by atoms with Gasteiger partial charge < -0.3 is 85.7 Å². The third-order valence-corrected chi connectivity index (χ3v) is 9.79. The molecule has 1 aliphatic carbocycles. The summed E-state index contributed by atoms with van der Waals surface area (Å²) in [6, 6.07) is 1.52. The molecule has 4 aromatic carbocycles. The molecule has 4 aromatic rings. The van der Waals surface area contributed by atoms with Gasteiger partial charge in [0.05, 0.1) is 16.7 Å². The second-order valence-electron chi connectivity index (χ2n) is 12.9. The SMILES string of the molecule is O=C1OCC(O)C(C2CC(=O)c3cc(O)c(O)c(O)c3-c3c(O)c(O)c(O)c4c3C(=O)OC2C4O)OC(=O)c2cc(O)c(O)c(O)c2-c2c1cc(O)c(O)c2O. The molecule has 14 N–H and O–H groups in total. The van der Waals surface area contributed by atoms with Gasteiger partial charge in [-0.05, 0) is 18.2 Å². The number of aliphatic hydroxyl groups excluding tert-OH is 2. The zero-order chi connectivity index (χ0) is 41.0. The van der Waals surface area contributed by atoms with E-state index in [2.05, 4.69) is 0 Å². The number of aromatic hydroxyl groups is 12. The van der Waals surface area contributed by atoms with Crippen LogP contribution in [-0.2, 0) is 14.2 Å². The summed E-state index contributed by atoms with van der Waals surface area (Å²) in [5, 5.41) is 151. The second kappa shape index (κ2) is 12.5. The van der Waals surface area contributed by atoms with Crippen molar-refractivity contribution in [2.75, 3.05) is 6.61 Å².